The fourth-order valence-corrected chi connectivity index (χ4v) is 2.85. The van der Waals surface area contributed by atoms with E-state index in [4.69, 9.17) is 16.7 Å². The molecular weight excluding hydrogens is 340 g/mol. The van der Waals surface area contributed by atoms with E-state index < -0.39 is 5.97 Å². The number of hydrogen-bond acceptors (Lipinski definition) is 3. The van der Waals surface area contributed by atoms with Gasteiger partial charge in [0.2, 0.25) is 0 Å². The zero-order valence-corrected chi connectivity index (χ0v) is 14.0. The number of rotatable bonds is 5. The molecule has 5 nitrogen and oxygen atoms in total. The number of benzene rings is 1. The summed E-state index contributed by atoms with van der Waals surface area (Å²) in [6.07, 6.45) is 5.53. The molecule has 25 heavy (non-hydrogen) atoms. The van der Waals surface area contributed by atoms with E-state index in [1.54, 1.807) is 30.6 Å². The predicted molar refractivity (Wildman–Crippen MR) is 95.3 cm³/mol. The van der Waals surface area contributed by atoms with Gasteiger partial charge in [0.15, 0.2) is 0 Å². The largest absolute Gasteiger partial charge is 0.478 e. The highest BCUT2D eigenvalue weighted by atomic mass is 35.5. The summed E-state index contributed by atoms with van der Waals surface area (Å²) in [4.78, 5) is 29.4. The van der Waals surface area contributed by atoms with Gasteiger partial charge >= 0.3 is 5.97 Å². The van der Waals surface area contributed by atoms with E-state index in [0.29, 0.717) is 23.4 Å². The Bertz CT molecular complexity index is 982. The van der Waals surface area contributed by atoms with E-state index >= 15 is 0 Å². The molecule has 0 fully saturated rings. The average Bonchev–Trinajstić information content (AvgIpc) is 2.59. The Morgan fingerprint density at radius 1 is 1.08 bits per heavy atom. The van der Waals surface area contributed by atoms with Crippen LogP contribution in [0.4, 0.5) is 0 Å². The number of aromatic nitrogens is 2. The number of aromatic carboxylic acids is 1. The fourth-order valence-electron chi connectivity index (χ4n) is 2.58. The third-order valence-corrected chi connectivity index (χ3v) is 4.20. The van der Waals surface area contributed by atoms with Crippen molar-refractivity contribution in [1.82, 2.24) is 9.97 Å². The SMILES string of the molecule is O=C(O)c1cncc(Cc2ccc(Cc3ccc[nH]c3=O)c(Cl)c2)c1. The van der Waals surface area contributed by atoms with Crippen LogP contribution in [0.1, 0.15) is 32.6 Å². The van der Waals surface area contributed by atoms with Gasteiger partial charge in [0, 0.05) is 35.6 Å². The van der Waals surface area contributed by atoms with Crippen LogP contribution in [0.3, 0.4) is 0 Å². The van der Waals surface area contributed by atoms with Crippen LogP contribution in [0.2, 0.25) is 5.02 Å². The third kappa shape index (κ3) is 4.14. The molecule has 1 aromatic carbocycles. The Labute approximate surface area is 149 Å². The fraction of sp³-hybridized carbons (Fsp3) is 0.105. The maximum atomic E-state index is 11.8. The van der Waals surface area contributed by atoms with Crippen molar-refractivity contribution in [3.63, 3.8) is 0 Å². The number of carboxylic acid groups (broad SMARTS) is 1. The van der Waals surface area contributed by atoms with Crippen molar-refractivity contribution in [2.24, 2.45) is 0 Å². The molecule has 2 heterocycles. The van der Waals surface area contributed by atoms with Crippen molar-refractivity contribution >= 4 is 17.6 Å². The van der Waals surface area contributed by atoms with E-state index in [0.717, 1.165) is 16.7 Å². The lowest BCUT2D eigenvalue weighted by Crippen LogP contribution is -2.11. The monoisotopic (exact) mass is 354 g/mol. The van der Waals surface area contributed by atoms with Crippen molar-refractivity contribution in [2.75, 3.05) is 0 Å². The smallest absolute Gasteiger partial charge is 0.337 e. The van der Waals surface area contributed by atoms with Crippen molar-refractivity contribution in [3.8, 4) is 0 Å². The molecule has 3 aromatic rings. The molecule has 0 aliphatic carbocycles. The second-order valence-electron chi connectivity index (χ2n) is 5.69. The lowest BCUT2D eigenvalue weighted by Gasteiger charge is -2.08. The standard InChI is InChI=1S/C19H15ClN2O3/c20-17-8-12(6-13-7-16(19(24)25)11-21-10-13)3-4-14(17)9-15-2-1-5-22-18(15)23/h1-5,7-8,10-11H,6,9H2,(H,22,23)(H,24,25). The van der Waals surface area contributed by atoms with Crippen LogP contribution in [0.15, 0.2) is 59.8 Å². The number of pyridine rings is 2. The van der Waals surface area contributed by atoms with Crippen LogP contribution in [0.5, 0.6) is 0 Å². The first kappa shape index (κ1) is 16.9. The van der Waals surface area contributed by atoms with Gasteiger partial charge < -0.3 is 10.1 Å². The van der Waals surface area contributed by atoms with Crippen molar-refractivity contribution in [3.05, 3.63) is 98.2 Å². The molecular formula is C19H15ClN2O3. The summed E-state index contributed by atoms with van der Waals surface area (Å²) < 4.78 is 0. The Balaban J connectivity index is 1.80. The molecule has 126 valence electrons. The Kier molecular flexibility index (Phi) is 4.95. The summed E-state index contributed by atoms with van der Waals surface area (Å²) in [5.41, 5.74) is 3.28. The second kappa shape index (κ2) is 7.32. The minimum atomic E-state index is -1.00. The average molecular weight is 355 g/mol. The van der Waals surface area contributed by atoms with E-state index in [1.165, 1.54) is 6.20 Å². The highest BCUT2D eigenvalue weighted by Gasteiger charge is 2.08. The summed E-state index contributed by atoms with van der Waals surface area (Å²) in [6.45, 7) is 0. The molecule has 0 bridgehead atoms. The highest BCUT2D eigenvalue weighted by molar-refractivity contribution is 6.31. The quantitative estimate of drug-likeness (QED) is 0.736. The summed E-state index contributed by atoms with van der Waals surface area (Å²) in [5.74, 6) is -1.00. The maximum absolute atomic E-state index is 11.8. The first-order chi connectivity index (χ1) is 12.0. The molecule has 0 amide bonds. The molecule has 0 saturated heterocycles. The minimum absolute atomic E-state index is 0.126. The third-order valence-electron chi connectivity index (χ3n) is 3.85. The van der Waals surface area contributed by atoms with Crippen LogP contribution in [0, 0.1) is 0 Å². The van der Waals surface area contributed by atoms with Crippen molar-refractivity contribution < 1.29 is 9.90 Å². The zero-order chi connectivity index (χ0) is 17.8. The topological polar surface area (TPSA) is 83.0 Å². The lowest BCUT2D eigenvalue weighted by molar-refractivity contribution is 0.0696. The summed E-state index contributed by atoms with van der Waals surface area (Å²) >= 11 is 6.36. The summed E-state index contributed by atoms with van der Waals surface area (Å²) in [5, 5.41) is 9.60. The molecule has 2 aromatic heterocycles. The van der Waals surface area contributed by atoms with Crippen LogP contribution < -0.4 is 5.56 Å². The Hall–Kier alpha value is -2.92. The van der Waals surface area contributed by atoms with Crippen molar-refractivity contribution in [2.45, 2.75) is 12.8 Å². The summed E-state index contributed by atoms with van der Waals surface area (Å²) in [7, 11) is 0. The van der Waals surface area contributed by atoms with Crippen LogP contribution in [0.25, 0.3) is 0 Å². The molecule has 6 heteroatoms. The summed E-state index contributed by atoms with van der Waals surface area (Å²) in [6, 6.07) is 10.8. The number of nitrogens with one attached hydrogen (secondary N) is 1. The number of nitrogens with zero attached hydrogens (tertiary/aromatic N) is 1. The first-order valence-corrected chi connectivity index (χ1v) is 8.02. The number of halogens is 1. The van der Waals surface area contributed by atoms with Gasteiger partial charge in [-0.25, -0.2) is 4.79 Å². The molecule has 0 aliphatic heterocycles. The number of carbonyl (C=O) groups is 1. The molecule has 0 unspecified atom stereocenters. The maximum Gasteiger partial charge on any atom is 0.337 e. The van der Waals surface area contributed by atoms with Gasteiger partial charge in [0.1, 0.15) is 0 Å². The number of hydrogen-bond donors (Lipinski definition) is 2. The molecule has 0 spiro atoms. The van der Waals surface area contributed by atoms with Gasteiger partial charge in [-0.15, -0.1) is 0 Å². The van der Waals surface area contributed by atoms with Gasteiger partial charge in [-0.05, 0) is 41.3 Å². The first-order valence-electron chi connectivity index (χ1n) is 7.64. The number of H-pyrrole nitrogens is 1. The Morgan fingerprint density at radius 3 is 2.64 bits per heavy atom. The van der Waals surface area contributed by atoms with Crippen LogP contribution in [-0.4, -0.2) is 21.0 Å². The minimum Gasteiger partial charge on any atom is -0.478 e. The van der Waals surface area contributed by atoms with Crippen LogP contribution in [-0.2, 0) is 12.8 Å². The molecule has 0 radical (unpaired) electrons. The van der Waals surface area contributed by atoms with Gasteiger partial charge in [0.25, 0.3) is 5.56 Å². The highest BCUT2D eigenvalue weighted by Crippen LogP contribution is 2.22. The predicted octanol–water partition coefficient (Wildman–Crippen LogP) is 3.30. The van der Waals surface area contributed by atoms with Gasteiger partial charge in [-0.1, -0.05) is 29.8 Å². The molecule has 0 saturated carbocycles. The van der Waals surface area contributed by atoms with E-state index in [2.05, 4.69) is 9.97 Å². The van der Waals surface area contributed by atoms with Crippen LogP contribution >= 0.6 is 11.6 Å². The molecule has 2 N–H and O–H groups in total. The van der Waals surface area contributed by atoms with Gasteiger partial charge in [0.05, 0.1) is 5.56 Å². The zero-order valence-electron chi connectivity index (χ0n) is 13.2. The normalized spacial score (nSPS) is 10.6. The lowest BCUT2D eigenvalue weighted by atomic mass is 10.0. The van der Waals surface area contributed by atoms with E-state index in [1.807, 2.05) is 18.2 Å². The van der Waals surface area contributed by atoms with E-state index in [9.17, 15) is 9.59 Å². The molecule has 0 atom stereocenters. The number of carboxylic acids is 1. The number of aromatic amines is 1. The molecule has 3 rings (SSSR count). The molecule has 0 aliphatic rings. The van der Waals surface area contributed by atoms with Gasteiger partial charge in [-0.2, -0.15) is 0 Å². The second-order valence-corrected chi connectivity index (χ2v) is 6.10. The van der Waals surface area contributed by atoms with Crippen molar-refractivity contribution in [1.29, 1.82) is 0 Å². The van der Waals surface area contributed by atoms with E-state index in [-0.39, 0.29) is 11.1 Å². The van der Waals surface area contributed by atoms with Gasteiger partial charge in [-0.3, -0.25) is 9.78 Å². The Morgan fingerprint density at radius 2 is 1.92 bits per heavy atom.